The first-order valence-corrected chi connectivity index (χ1v) is 7.40. The van der Waals surface area contributed by atoms with Crippen LogP contribution in [0.5, 0.6) is 0 Å². The summed E-state index contributed by atoms with van der Waals surface area (Å²) in [5, 5.41) is 3.44. The summed E-state index contributed by atoms with van der Waals surface area (Å²) in [6.45, 7) is 7.10. The van der Waals surface area contributed by atoms with Gasteiger partial charge in [-0.2, -0.15) is 0 Å². The zero-order valence-electron chi connectivity index (χ0n) is 12.1. The van der Waals surface area contributed by atoms with E-state index in [1.165, 1.54) is 6.07 Å². The largest absolute Gasteiger partial charge is 0.379 e. The molecule has 1 rings (SSSR count). The van der Waals surface area contributed by atoms with Crippen molar-refractivity contribution in [3.8, 4) is 0 Å². The molecular weight excluding hydrogens is 309 g/mol. The Morgan fingerprint density at radius 1 is 1.42 bits per heavy atom. The summed E-state index contributed by atoms with van der Waals surface area (Å²) in [6, 6.07) is 5.43. The van der Waals surface area contributed by atoms with Crippen LogP contribution in [0.25, 0.3) is 0 Å². The lowest BCUT2D eigenvalue weighted by molar-refractivity contribution is 0.00725. The van der Waals surface area contributed by atoms with Gasteiger partial charge in [0.25, 0.3) is 0 Å². The van der Waals surface area contributed by atoms with Gasteiger partial charge in [-0.25, -0.2) is 4.39 Å². The second-order valence-electron chi connectivity index (χ2n) is 5.34. The molecule has 1 N–H and O–H groups in total. The zero-order chi connectivity index (χ0) is 14.5. The van der Waals surface area contributed by atoms with Crippen LogP contribution >= 0.6 is 15.9 Å². The molecule has 1 aromatic carbocycles. The smallest absolute Gasteiger partial charge is 0.137 e. The van der Waals surface area contributed by atoms with E-state index in [2.05, 4.69) is 42.0 Å². The maximum absolute atomic E-state index is 13.5. The van der Waals surface area contributed by atoms with Gasteiger partial charge in [-0.1, -0.05) is 19.1 Å². The molecule has 2 nitrogen and oxygen atoms in total. The molecule has 0 aliphatic heterocycles. The lowest BCUT2D eigenvalue weighted by atomic mass is 9.94. The van der Waals surface area contributed by atoms with Gasteiger partial charge in [-0.05, 0) is 60.8 Å². The Hall–Kier alpha value is -0.450. The van der Waals surface area contributed by atoms with E-state index in [0.717, 1.165) is 24.9 Å². The predicted octanol–water partition coefficient (Wildman–Crippen LogP) is 3.92. The molecule has 1 unspecified atom stereocenters. The van der Waals surface area contributed by atoms with Crippen molar-refractivity contribution in [2.24, 2.45) is 0 Å². The number of hydrogen-bond donors (Lipinski definition) is 1. The van der Waals surface area contributed by atoms with Crippen molar-refractivity contribution < 1.29 is 9.13 Å². The third kappa shape index (κ3) is 5.21. The van der Waals surface area contributed by atoms with Crippen molar-refractivity contribution in [1.29, 1.82) is 0 Å². The van der Waals surface area contributed by atoms with Crippen LogP contribution in [0.4, 0.5) is 4.39 Å². The third-order valence-corrected chi connectivity index (χ3v) is 4.17. The summed E-state index contributed by atoms with van der Waals surface area (Å²) in [4.78, 5) is 0. The molecule has 0 aliphatic rings. The molecule has 0 heterocycles. The average molecular weight is 332 g/mol. The minimum absolute atomic E-state index is 0.188. The Kier molecular flexibility index (Phi) is 6.43. The molecule has 108 valence electrons. The number of likely N-dealkylation sites (N-methyl/N-ethyl adjacent to an activating group) is 1. The van der Waals surface area contributed by atoms with Crippen LogP contribution in [0.3, 0.4) is 0 Å². The number of methoxy groups -OCH3 is 1. The fourth-order valence-corrected chi connectivity index (χ4v) is 2.58. The number of nitrogens with one attached hydrogen (secondary N) is 1. The molecule has 4 heteroatoms. The minimum Gasteiger partial charge on any atom is -0.379 e. The maximum atomic E-state index is 13.5. The quantitative estimate of drug-likeness (QED) is 0.817. The Morgan fingerprint density at radius 2 is 2.11 bits per heavy atom. The molecule has 0 fully saturated rings. The second-order valence-corrected chi connectivity index (χ2v) is 6.13. The second kappa shape index (κ2) is 7.36. The van der Waals surface area contributed by atoms with Crippen molar-refractivity contribution in [1.82, 2.24) is 5.32 Å². The Morgan fingerprint density at radius 3 is 2.68 bits per heavy atom. The highest BCUT2D eigenvalue weighted by molar-refractivity contribution is 9.10. The molecule has 0 amide bonds. The van der Waals surface area contributed by atoms with E-state index in [0.29, 0.717) is 4.47 Å². The van der Waals surface area contributed by atoms with Crippen molar-refractivity contribution in [2.75, 3.05) is 13.7 Å². The summed E-state index contributed by atoms with van der Waals surface area (Å²) in [5.41, 5.74) is 0.796. The monoisotopic (exact) mass is 331 g/mol. The molecule has 0 spiro atoms. The van der Waals surface area contributed by atoms with E-state index >= 15 is 0 Å². The van der Waals surface area contributed by atoms with E-state index in [-0.39, 0.29) is 17.5 Å². The van der Waals surface area contributed by atoms with Gasteiger partial charge in [-0.15, -0.1) is 0 Å². The van der Waals surface area contributed by atoms with Crippen LogP contribution in [0, 0.1) is 5.82 Å². The fourth-order valence-electron chi connectivity index (χ4n) is 2.15. The van der Waals surface area contributed by atoms with Crippen LogP contribution in [0.2, 0.25) is 0 Å². The maximum Gasteiger partial charge on any atom is 0.137 e. The van der Waals surface area contributed by atoms with Gasteiger partial charge in [-0.3, -0.25) is 0 Å². The van der Waals surface area contributed by atoms with E-state index in [9.17, 15) is 4.39 Å². The van der Waals surface area contributed by atoms with E-state index in [1.807, 2.05) is 6.07 Å². The average Bonchev–Trinajstić information content (AvgIpc) is 2.35. The van der Waals surface area contributed by atoms with Gasteiger partial charge in [0, 0.05) is 13.2 Å². The lowest BCUT2D eigenvalue weighted by Crippen LogP contribution is -2.39. The molecule has 19 heavy (non-hydrogen) atoms. The summed E-state index contributed by atoms with van der Waals surface area (Å²) in [7, 11) is 1.72. The van der Waals surface area contributed by atoms with Gasteiger partial charge in [0.1, 0.15) is 5.82 Å². The van der Waals surface area contributed by atoms with E-state index in [1.54, 1.807) is 13.2 Å². The molecule has 0 aliphatic carbocycles. The SMILES string of the molecule is CCNC(Cc1cccc(F)c1Br)CC(C)(C)OC. The highest BCUT2D eigenvalue weighted by atomic mass is 79.9. The first-order chi connectivity index (χ1) is 8.89. The summed E-state index contributed by atoms with van der Waals surface area (Å²) < 4.78 is 19.6. The molecule has 0 saturated heterocycles. The number of benzene rings is 1. The van der Waals surface area contributed by atoms with Crippen LogP contribution in [-0.4, -0.2) is 25.3 Å². The molecule has 0 bridgehead atoms. The minimum atomic E-state index is -0.209. The van der Waals surface area contributed by atoms with Crippen molar-refractivity contribution in [3.05, 3.63) is 34.1 Å². The highest BCUT2D eigenvalue weighted by Crippen LogP contribution is 2.24. The molecule has 1 atom stereocenters. The number of ether oxygens (including phenoxy) is 1. The summed E-state index contributed by atoms with van der Waals surface area (Å²) >= 11 is 3.32. The predicted molar refractivity (Wildman–Crippen MR) is 81.0 cm³/mol. The summed E-state index contributed by atoms with van der Waals surface area (Å²) in [5.74, 6) is -0.209. The summed E-state index contributed by atoms with van der Waals surface area (Å²) in [6.07, 6.45) is 1.65. The Labute approximate surface area is 123 Å². The van der Waals surface area contributed by atoms with E-state index in [4.69, 9.17) is 4.74 Å². The van der Waals surface area contributed by atoms with Crippen molar-refractivity contribution in [2.45, 2.75) is 45.3 Å². The zero-order valence-corrected chi connectivity index (χ0v) is 13.7. The lowest BCUT2D eigenvalue weighted by Gasteiger charge is -2.29. The highest BCUT2D eigenvalue weighted by Gasteiger charge is 2.23. The fraction of sp³-hybridized carbons (Fsp3) is 0.600. The van der Waals surface area contributed by atoms with Gasteiger partial charge < -0.3 is 10.1 Å². The van der Waals surface area contributed by atoms with Gasteiger partial charge in [0.05, 0.1) is 10.1 Å². The van der Waals surface area contributed by atoms with Crippen LogP contribution < -0.4 is 5.32 Å². The molecule has 0 aromatic heterocycles. The Bertz CT molecular complexity index is 409. The molecule has 1 aromatic rings. The van der Waals surface area contributed by atoms with Gasteiger partial charge in [0.2, 0.25) is 0 Å². The Balaban J connectivity index is 2.81. The van der Waals surface area contributed by atoms with Crippen molar-refractivity contribution >= 4 is 15.9 Å². The molecular formula is C15H23BrFNO. The van der Waals surface area contributed by atoms with Crippen LogP contribution in [-0.2, 0) is 11.2 Å². The normalized spacial score (nSPS) is 13.6. The number of hydrogen-bond acceptors (Lipinski definition) is 2. The molecule has 0 radical (unpaired) electrons. The molecule has 0 saturated carbocycles. The first kappa shape index (κ1) is 16.6. The van der Waals surface area contributed by atoms with Crippen molar-refractivity contribution in [3.63, 3.8) is 0 Å². The van der Waals surface area contributed by atoms with Crippen LogP contribution in [0.15, 0.2) is 22.7 Å². The van der Waals surface area contributed by atoms with E-state index < -0.39 is 0 Å². The number of halogens is 2. The first-order valence-electron chi connectivity index (χ1n) is 6.61. The topological polar surface area (TPSA) is 21.3 Å². The van der Waals surface area contributed by atoms with Gasteiger partial charge in [0.15, 0.2) is 0 Å². The van der Waals surface area contributed by atoms with Gasteiger partial charge >= 0.3 is 0 Å². The third-order valence-electron chi connectivity index (χ3n) is 3.28. The standard InChI is InChI=1S/C15H23BrFNO/c1-5-18-12(10-15(2,3)19-4)9-11-7-6-8-13(17)14(11)16/h6-8,12,18H,5,9-10H2,1-4H3. The van der Waals surface area contributed by atoms with Crippen LogP contribution in [0.1, 0.15) is 32.8 Å². The number of rotatable bonds is 7.